The van der Waals surface area contributed by atoms with E-state index in [1.54, 1.807) is 13.1 Å². The number of rotatable bonds is 1. The number of nitrogens with zero attached hydrogens (tertiary/aromatic N) is 1. The number of aliphatic hydroxyl groups is 1. The van der Waals surface area contributed by atoms with Crippen molar-refractivity contribution in [1.82, 2.24) is 4.98 Å². The van der Waals surface area contributed by atoms with E-state index in [1.165, 1.54) is 0 Å². The Balaban J connectivity index is 2.82. The van der Waals surface area contributed by atoms with Crippen LogP contribution in [0.1, 0.15) is 18.6 Å². The van der Waals surface area contributed by atoms with E-state index >= 15 is 0 Å². The van der Waals surface area contributed by atoms with Crippen molar-refractivity contribution in [3.63, 3.8) is 0 Å². The van der Waals surface area contributed by atoms with E-state index in [0.717, 1.165) is 20.9 Å². The lowest BCUT2D eigenvalue weighted by Crippen LogP contribution is -1.94. The Morgan fingerprint density at radius 1 is 1.36 bits per heavy atom. The summed E-state index contributed by atoms with van der Waals surface area (Å²) in [6, 6.07) is 7.70. The van der Waals surface area contributed by atoms with Crippen LogP contribution < -0.4 is 0 Å². The molecule has 1 atom stereocenters. The van der Waals surface area contributed by atoms with Gasteiger partial charge in [0.25, 0.3) is 0 Å². The number of hydrogen-bond donors (Lipinski definition) is 1. The molecule has 72 valence electrons. The van der Waals surface area contributed by atoms with Crippen molar-refractivity contribution in [2.75, 3.05) is 0 Å². The minimum Gasteiger partial charge on any atom is -0.389 e. The molecular weight excluding hydrogens is 242 g/mol. The minimum absolute atomic E-state index is 0.486. The molecule has 0 fully saturated rings. The smallest absolute Gasteiger partial charge is 0.0783 e. The first-order valence-electron chi connectivity index (χ1n) is 4.41. The Hall–Kier alpha value is -0.930. The van der Waals surface area contributed by atoms with E-state index < -0.39 is 6.10 Å². The van der Waals surface area contributed by atoms with Gasteiger partial charge in [-0.15, -0.1) is 0 Å². The van der Waals surface area contributed by atoms with Crippen LogP contribution in [-0.2, 0) is 0 Å². The molecule has 1 heterocycles. The van der Waals surface area contributed by atoms with Crippen molar-refractivity contribution in [2.45, 2.75) is 13.0 Å². The molecule has 1 unspecified atom stereocenters. The van der Waals surface area contributed by atoms with Gasteiger partial charge < -0.3 is 5.11 Å². The van der Waals surface area contributed by atoms with Crippen LogP contribution in [0.25, 0.3) is 10.9 Å². The highest BCUT2D eigenvalue weighted by atomic mass is 79.9. The summed E-state index contributed by atoms with van der Waals surface area (Å²) in [7, 11) is 0. The molecule has 0 spiro atoms. The summed E-state index contributed by atoms with van der Waals surface area (Å²) in [5, 5.41) is 10.6. The van der Waals surface area contributed by atoms with Gasteiger partial charge in [-0.3, -0.25) is 4.98 Å². The maximum Gasteiger partial charge on any atom is 0.0783 e. The van der Waals surface area contributed by atoms with Gasteiger partial charge >= 0.3 is 0 Å². The first-order chi connectivity index (χ1) is 6.70. The van der Waals surface area contributed by atoms with E-state index in [-0.39, 0.29) is 0 Å². The first kappa shape index (κ1) is 9.62. The molecule has 0 saturated heterocycles. The standard InChI is InChI=1S/C11H10BrNO/c1-7(14)8-4-5-10(12)9-3-2-6-13-11(8)9/h2-7,14H,1H3. The summed E-state index contributed by atoms with van der Waals surface area (Å²) in [6.45, 7) is 1.75. The fourth-order valence-corrected chi connectivity index (χ4v) is 1.95. The SMILES string of the molecule is CC(O)c1ccc(Br)c2cccnc12. The van der Waals surface area contributed by atoms with Crippen LogP contribution in [0, 0.1) is 0 Å². The highest BCUT2D eigenvalue weighted by molar-refractivity contribution is 9.10. The predicted molar refractivity (Wildman–Crippen MR) is 60.1 cm³/mol. The summed E-state index contributed by atoms with van der Waals surface area (Å²) >= 11 is 3.46. The Kier molecular flexibility index (Phi) is 2.52. The molecule has 0 aliphatic rings. The first-order valence-corrected chi connectivity index (χ1v) is 5.20. The molecular formula is C11H10BrNO. The third kappa shape index (κ3) is 1.53. The second-order valence-corrected chi connectivity index (χ2v) is 4.07. The van der Waals surface area contributed by atoms with E-state index in [4.69, 9.17) is 0 Å². The van der Waals surface area contributed by atoms with Gasteiger partial charge in [0, 0.05) is 21.6 Å². The lowest BCUT2D eigenvalue weighted by Gasteiger charge is -2.08. The van der Waals surface area contributed by atoms with Crippen LogP contribution in [-0.4, -0.2) is 10.1 Å². The van der Waals surface area contributed by atoms with Gasteiger partial charge in [-0.2, -0.15) is 0 Å². The molecule has 0 bridgehead atoms. The molecule has 1 N–H and O–H groups in total. The van der Waals surface area contributed by atoms with E-state index in [9.17, 15) is 5.11 Å². The van der Waals surface area contributed by atoms with Crippen LogP contribution in [0.3, 0.4) is 0 Å². The van der Waals surface area contributed by atoms with Crippen molar-refractivity contribution in [1.29, 1.82) is 0 Å². The van der Waals surface area contributed by atoms with Crippen LogP contribution >= 0.6 is 15.9 Å². The monoisotopic (exact) mass is 251 g/mol. The molecule has 0 saturated carbocycles. The predicted octanol–water partition coefficient (Wildman–Crippen LogP) is 3.05. The van der Waals surface area contributed by atoms with E-state index in [1.807, 2.05) is 24.3 Å². The van der Waals surface area contributed by atoms with Crippen molar-refractivity contribution < 1.29 is 5.11 Å². The van der Waals surface area contributed by atoms with Gasteiger partial charge in [0.2, 0.25) is 0 Å². The molecule has 2 rings (SSSR count). The number of aromatic nitrogens is 1. The minimum atomic E-state index is -0.486. The third-order valence-corrected chi connectivity index (χ3v) is 2.89. The molecule has 0 radical (unpaired) electrons. The molecule has 2 nitrogen and oxygen atoms in total. The Labute approximate surface area is 90.7 Å². The molecule has 2 aromatic rings. The second kappa shape index (κ2) is 3.67. The topological polar surface area (TPSA) is 33.1 Å². The van der Waals surface area contributed by atoms with Gasteiger partial charge in [0.1, 0.15) is 0 Å². The summed E-state index contributed by atoms with van der Waals surface area (Å²) in [6.07, 6.45) is 1.25. The van der Waals surface area contributed by atoms with E-state index in [0.29, 0.717) is 0 Å². The third-order valence-electron chi connectivity index (χ3n) is 2.20. The highest BCUT2D eigenvalue weighted by Gasteiger charge is 2.08. The number of benzene rings is 1. The average molecular weight is 252 g/mol. The zero-order chi connectivity index (χ0) is 10.1. The fourth-order valence-electron chi connectivity index (χ4n) is 1.50. The average Bonchev–Trinajstić information content (AvgIpc) is 2.18. The Morgan fingerprint density at radius 2 is 2.14 bits per heavy atom. The molecule has 3 heteroatoms. The van der Waals surface area contributed by atoms with E-state index in [2.05, 4.69) is 20.9 Å². The van der Waals surface area contributed by atoms with Crippen LogP contribution in [0.4, 0.5) is 0 Å². The molecule has 1 aromatic heterocycles. The number of pyridine rings is 1. The van der Waals surface area contributed by atoms with Crippen molar-refractivity contribution in [2.24, 2.45) is 0 Å². The van der Waals surface area contributed by atoms with Crippen LogP contribution in [0.15, 0.2) is 34.9 Å². The second-order valence-electron chi connectivity index (χ2n) is 3.21. The maximum atomic E-state index is 9.56. The quantitative estimate of drug-likeness (QED) is 0.846. The number of halogens is 1. The summed E-state index contributed by atoms with van der Waals surface area (Å²) in [4.78, 5) is 4.27. The zero-order valence-corrected chi connectivity index (χ0v) is 9.32. The van der Waals surface area contributed by atoms with Crippen molar-refractivity contribution in [3.8, 4) is 0 Å². The number of hydrogen-bond acceptors (Lipinski definition) is 2. The zero-order valence-electron chi connectivity index (χ0n) is 7.74. The molecule has 0 aliphatic carbocycles. The lowest BCUT2D eigenvalue weighted by atomic mass is 10.1. The summed E-state index contributed by atoms with van der Waals surface area (Å²) in [5.74, 6) is 0. The number of aliphatic hydroxyl groups excluding tert-OH is 1. The largest absolute Gasteiger partial charge is 0.389 e. The van der Waals surface area contributed by atoms with Crippen LogP contribution in [0.5, 0.6) is 0 Å². The van der Waals surface area contributed by atoms with Crippen molar-refractivity contribution in [3.05, 3.63) is 40.5 Å². The van der Waals surface area contributed by atoms with Crippen LogP contribution in [0.2, 0.25) is 0 Å². The van der Waals surface area contributed by atoms with Gasteiger partial charge in [-0.25, -0.2) is 0 Å². The number of fused-ring (bicyclic) bond motifs is 1. The molecule has 0 amide bonds. The molecule has 1 aromatic carbocycles. The Bertz CT molecular complexity index is 468. The molecule has 0 aliphatic heterocycles. The highest BCUT2D eigenvalue weighted by Crippen LogP contribution is 2.28. The molecule has 14 heavy (non-hydrogen) atoms. The summed E-state index contributed by atoms with van der Waals surface area (Å²) in [5.41, 5.74) is 1.72. The maximum absolute atomic E-state index is 9.56. The van der Waals surface area contributed by atoms with Gasteiger partial charge in [0.05, 0.1) is 11.6 Å². The van der Waals surface area contributed by atoms with Crippen molar-refractivity contribution >= 4 is 26.8 Å². The fraction of sp³-hybridized carbons (Fsp3) is 0.182. The normalized spacial score (nSPS) is 13.1. The lowest BCUT2D eigenvalue weighted by molar-refractivity contribution is 0.200. The van der Waals surface area contributed by atoms with Gasteiger partial charge in [-0.1, -0.05) is 28.1 Å². The summed E-state index contributed by atoms with van der Waals surface area (Å²) < 4.78 is 1.00. The van der Waals surface area contributed by atoms with Gasteiger partial charge in [0.15, 0.2) is 0 Å². The van der Waals surface area contributed by atoms with Gasteiger partial charge in [-0.05, 0) is 19.1 Å². The Morgan fingerprint density at radius 3 is 2.86 bits per heavy atom.